The van der Waals surface area contributed by atoms with Crippen molar-refractivity contribution in [3.8, 4) is 11.5 Å². The molecule has 1 heterocycles. The zero-order chi connectivity index (χ0) is 20.6. The highest BCUT2D eigenvalue weighted by Gasteiger charge is 2.17. The summed E-state index contributed by atoms with van der Waals surface area (Å²) in [4.78, 5) is 33.2. The number of methoxy groups -OCH3 is 2. The molecule has 1 aromatic heterocycles. The monoisotopic (exact) mass is 392 g/mol. The van der Waals surface area contributed by atoms with Gasteiger partial charge in [-0.2, -0.15) is 0 Å². The fraction of sp³-hybridized carbons (Fsp3) is 0.143. The summed E-state index contributed by atoms with van der Waals surface area (Å²) in [6, 6.07) is 13.9. The maximum Gasteiger partial charge on any atom is 0.274 e. The summed E-state index contributed by atoms with van der Waals surface area (Å²) in [6.07, 6.45) is 2.80. The quantitative estimate of drug-likeness (QED) is 0.641. The number of benzene rings is 2. The summed E-state index contributed by atoms with van der Waals surface area (Å²) in [5, 5.41) is 5.40. The lowest BCUT2D eigenvalue weighted by atomic mass is 10.2. The number of nitrogens with zero attached hydrogens (tertiary/aromatic N) is 2. The minimum absolute atomic E-state index is 0.0304. The molecule has 8 heteroatoms. The number of hydrogen-bond acceptors (Lipinski definition) is 6. The van der Waals surface area contributed by atoms with E-state index in [4.69, 9.17) is 9.47 Å². The molecule has 2 amide bonds. The Hall–Kier alpha value is -3.94. The van der Waals surface area contributed by atoms with Crippen molar-refractivity contribution in [2.24, 2.45) is 0 Å². The first-order chi connectivity index (χ1) is 14.1. The molecule has 0 atom stereocenters. The molecule has 0 radical (unpaired) electrons. The molecule has 2 N–H and O–H groups in total. The highest BCUT2D eigenvalue weighted by Crippen LogP contribution is 2.15. The van der Waals surface area contributed by atoms with E-state index in [1.807, 2.05) is 24.3 Å². The average Bonchev–Trinajstić information content (AvgIpc) is 2.78. The average molecular weight is 392 g/mol. The van der Waals surface area contributed by atoms with Crippen molar-refractivity contribution < 1.29 is 19.1 Å². The molecule has 0 aliphatic rings. The number of amides is 2. The van der Waals surface area contributed by atoms with Gasteiger partial charge in [0.05, 0.1) is 14.2 Å². The van der Waals surface area contributed by atoms with Crippen LogP contribution in [-0.2, 0) is 6.54 Å². The van der Waals surface area contributed by atoms with Gasteiger partial charge in [0.1, 0.15) is 11.5 Å². The van der Waals surface area contributed by atoms with Crippen LogP contribution < -0.4 is 20.1 Å². The van der Waals surface area contributed by atoms with Gasteiger partial charge in [0.15, 0.2) is 11.5 Å². The van der Waals surface area contributed by atoms with E-state index in [0.29, 0.717) is 17.9 Å². The maximum atomic E-state index is 12.6. The van der Waals surface area contributed by atoms with Gasteiger partial charge >= 0.3 is 0 Å². The van der Waals surface area contributed by atoms with Gasteiger partial charge in [-0.25, -0.2) is 9.97 Å². The molecule has 0 bridgehead atoms. The van der Waals surface area contributed by atoms with Crippen molar-refractivity contribution in [1.29, 1.82) is 0 Å². The predicted molar refractivity (Wildman–Crippen MR) is 107 cm³/mol. The lowest BCUT2D eigenvalue weighted by molar-refractivity contribution is 0.0946. The second kappa shape index (κ2) is 9.32. The Morgan fingerprint density at radius 2 is 1.41 bits per heavy atom. The molecule has 0 saturated heterocycles. The van der Waals surface area contributed by atoms with E-state index in [1.165, 1.54) is 12.4 Å². The van der Waals surface area contributed by atoms with E-state index in [0.717, 1.165) is 11.3 Å². The van der Waals surface area contributed by atoms with Crippen LogP contribution in [0.25, 0.3) is 0 Å². The fourth-order valence-electron chi connectivity index (χ4n) is 2.53. The second-order valence-electron chi connectivity index (χ2n) is 5.97. The molecule has 148 valence electrons. The van der Waals surface area contributed by atoms with E-state index in [-0.39, 0.29) is 11.5 Å². The summed E-state index contributed by atoms with van der Waals surface area (Å²) < 4.78 is 10.2. The largest absolute Gasteiger partial charge is 0.497 e. The number of ether oxygens (including phenoxy) is 2. The van der Waals surface area contributed by atoms with Crippen molar-refractivity contribution in [3.63, 3.8) is 0 Å². The van der Waals surface area contributed by atoms with Crippen LogP contribution in [-0.4, -0.2) is 36.0 Å². The summed E-state index contributed by atoms with van der Waals surface area (Å²) in [7, 11) is 3.14. The third-order valence-electron chi connectivity index (χ3n) is 4.11. The molecule has 2 aromatic carbocycles. The first-order valence-corrected chi connectivity index (χ1v) is 8.78. The molecular formula is C21H20N4O4. The highest BCUT2D eigenvalue weighted by atomic mass is 16.5. The fourth-order valence-corrected chi connectivity index (χ4v) is 2.53. The number of aromatic nitrogens is 2. The normalized spacial score (nSPS) is 10.1. The minimum Gasteiger partial charge on any atom is -0.497 e. The highest BCUT2D eigenvalue weighted by molar-refractivity contribution is 6.07. The lowest BCUT2D eigenvalue weighted by Crippen LogP contribution is -2.26. The molecule has 0 aliphatic carbocycles. The number of hydrogen-bond donors (Lipinski definition) is 2. The standard InChI is InChI=1S/C21H20N4O4/c1-28-16-7-3-14(4-8-16)13-24-21(27)18-19(23-12-11-22-18)25-20(26)15-5-9-17(29-2)10-6-15/h3-12H,13H2,1-2H3,(H,24,27)(H,23,25,26). The van der Waals surface area contributed by atoms with Gasteiger partial charge in [-0.1, -0.05) is 12.1 Å². The van der Waals surface area contributed by atoms with Crippen molar-refractivity contribution >= 4 is 17.6 Å². The summed E-state index contributed by atoms with van der Waals surface area (Å²) >= 11 is 0. The van der Waals surface area contributed by atoms with Gasteiger partial charge in [0, 0.05) is 24.5 Å². The summed E-state index contributed by atoms with van der Waals surface area (Å²) in [6.45, 7) is 0.297. The van der Waals surface area contributed by atoms with Crippen LogP contribution >= 0.6 is 0 Å². The molecule has 0 spiro atoms. The lowest BCUT2D eigenvalue weighted by Gasteiger charge is -2.10. The molecule has 0 fully saturated rings. The first kappa shape index (κ1) is 19.8. The topological polar surface area (TPSA) is 102 Å². The van der Waals surface area contributed by atoms with Gasteiger partial charge in [0.25, 0.3) is 11.8 Å². The second-order valence-corrected chi connectivity index (χ2v) is 5.97. The Kier molecular flexibility index (Phi) is 6.36. The Morgan fingerprint density at radius 3 is 2.03 bits per heavy atom. The number of rotatable bonds is 7. The number of anilines is 1. The molecule has 3 rings (SSSR count). The van der Waals surface area contributed by atoms with Crippen molar-refractivity contribution in [3.05, 3.63) is 77.7 Å². The zero-order valence-corrected chi connectivity index (χ0v) is 16.0. The minimum atomic E-state index is -0.445. The van der Waals surface area contributed by atoms with Crippen LogP contribution in [0.3, 0.4) is 0 Å². The zero-order valence-electron chi connectivity index (χ0n) is 16.0. The third-order valence-corrected chi connectivity index (χ3v) is 4.11. The van der Waals surface area contributed by atoms with Crippen LogP contribution in [0, 0.1) is 0 Å². The van der Waals surface area contributed by atoms with E-state index < -0.39 is 11.8 Å². The third kappa shape index (κ3) is 5.07. The number of nitrogens with one attached hydrogen (secondary N) is 2. The Balaban J connectivity index is 1.68. The summed E-state index contributed by atoms with van der Waals surface area (Å²) in [5.74, 6) is 0.606. The smallest absolute Gasteiger partial charge is 0.274 e. The van der Waals surface area contributed by atoms with Gasteiger partial charge in [-0.05, 0) is 42.0 Å². The Bertz CT molecular complexity index is 988. The summed E-state index contributed by atoms with van der Waals surface area (Å²) in [5.41, 5.74) is 1.33. The van der Waals surface area contributed by atoms with Crippen molar-refractivity contribution in [1.82, 2.24) is 15.3 Å². The predicted octanol–water partition coefficient (Wildman–Crippen LogP) is 2.68. The van der Waals surface area contributed by atoms with Gasteiger partial charge < -0.3 is 20.1 Å². The van der Waals surface area contributed by atoms with Crippen molar-refractivity contribution in [2.45, 2.75) is 6.54 Å². The number of carbonyl (C=O) groups is 2. The van der Waals surface area contributed by atoms with Crippen LogP contribution in [0.4, 0.5) is 5.82 Å². The van der Waals surface area contributed by atoms with Crippen LogP contribution in [0.2, 0.25) is 0 Å². The first-order valence-electron chi connectivity index (χ1n) is 8.78. The van der Waals surface area contributed by atoms with Gasteiger partial charge in [0.2, 0.25) is 0 Å². The molecule has 0 saturated carbocycles. The van der Waals surface area contributed by atoms with E-state index >= 15 is 0 Å². The Morgan fingerprint density at radius 1 is 0.828 bits per heavy atom. The maximum absolute atomic E-state index is 12.6. The molecular weight excluding hydrogens is 372 g/mol. The SMILES string of the molecule is COc1ccc(CNC(=O)c2nccnc2NC(=O)c2ccc(OC)cc2)cc1. The van der Waals surface area contributed by atoms with Crippen molar-refractivity contribution in [2.75, 3.05) is 19.5 Å². The van der Waals surface area contributed by atoms with Gasteiger partial charge in [-0.3, -0.25) is 9.59 Å². The molecule has 29 heavy (non-hydrogen) atoms. The molecule has 3 aromatic rings. The van der Waals surface area contributed by atoms with Crippen LogP contribution in [0.1, 0.15) is 26.4 Å². The molecule has 8 nitrogen and oxygen atoms in total. The molecule has 0 aliphatic heterocycles. The van der Waals surface area contributed by atoms with E-state index in [1.54, 1.807) is 38.5 Å². The Labute approximate surface area is 167 Å². The number of carbonyl (C=O) groups excluding carboxylic acids is 2. The van der Waals surface area contributed by atoms with Gasteiger partial charge in [-0.15, -0.1) is 0 Å². The van der Waals surface area contributed by atoms with E-state index in [2.05, 4.69) is 20.6 Å². The molecule has 0 unspecified atom stereocenters. The van der Waals surface area contributed by atoms with Crippen LogP contribution in [0.5, 0.6) is 11.5 Å². The van der Waals surface area contributed by atoms with E-state index in [9.17, 15) is 9.59 Å². The van der Waals surface area contributed by atoms with Crippen LogP contribution in [0.15, 0.2) is 60.9 Å².